The molecule has 1 N–H and O–H groups in total. The molecule has 0 unspecified atom stereocenters. The number of hydrogen-bond acceptors (Lipinski definition) is 2. The molecule has 13 heavy (non-hydrogen) atoms. The van der Waals surface area contributed by atoms with E-state index in [1.54, 1.807) is 4.90 Å². The number of carbonyl (C=O) groups is 1. The molecule has 3 nitrogen and oxygen atoms in total. The zero-order chi connectivity index (χ0) is 10.1. The minimum absolute atomic E-state index is 0.0793. The number of rotatable bonds is 4. The fraction of sp³-hybridized carbons (Fsp3) is 0.900. The van der Waals surface area contributed by atoms with Gasteiger partial charge < -0.3 is 10.0 Å². The van der Waals surface area contributed by atoms with Crippen molar-refractivity contribution < 1.29 is 9.90 Å². The van der Waals surface area contributed by atoms with E-state index in [4.69, 9.17) is 0 Å². The van der Waals surface area contributed by atoms with E-state index < -0.39 is 5.60 Å². The van der Waals surface area contributed by atoms with Crippen LogP contribution in [-0.4, -0.2) is 34.1 Å². The molecule has 3 heteroatoms. The predicted octanol–water partition coefficient (Wildman–Crippen LogP) is 1.16. The summed E-state index contributed by atoms with van der Waals surface area (Å²) in [6.45, 7) is 6.76. The zero-order valence-corrected chi connectivity index (χ0v) is 8.71. The van der Waals surface area contributed by atoms with E-state index in [2.05, 4.69) is 0 Å². The molecule has 1 aliphatic carbocycles. The highest BCUT2D eigenvalue weighted by atomic mass is 16.3. The molecule has 0 aromatic carbocycles. The van der Waals surface area contributed by atoms with E-state index in [0.29, 0.717) is 12.8 Å². The maximum Gasteiger partial charge on any atom is 0.254 e. The first-order chi connectivity index (χ1) is 6.01. The Morgan fingerprint density at radius 2 is 2.08 bits per heavy atom. The van der Waals surface area contributed by atoms with Crippen LogP contribution in [0.25, 0.3) is 0 Å². The second-order valence-electron chi connectivity index (χ2n) is 4.12. The average Bonchev–Trinajstić information content (AvgIpc) is 2.79. The molecular formula is C10H19NO2. The smallest absolute Gasteiger partial charge is 0.254 e. The summed E-state index contributed by atoms with van der Waals surface area (Å²) in [5, 5.41) is 9.65. The summed E-state index contributed by atoms with van der Waals surface area (Å²) in [7, 11) is 0. The van der Waals surface area contributed by atoms with Crippen molar-refractivity contribution in [3.05, 3.63) is 0 Å². The van der Waals surface area contributed by atoms with Crippen LogP contribution in [0.3, 0.4) is 0 Å². The second kappa shape index (κ2) is 3.66. The van der Waals surface area contributed by atoms with E-state index in [1.165, 1.54) is 0 Å². The topological polar surface area (TPSA) is 40.5 Å². The van der Waals surface area contributed by atoms with Gasteiger partial charge in [-0.25, -0.2) is 0 Å². The van der Waals surface area contributed by atoms with Gasteiger partial charge in [0.05, 0.1) is 0 Å². The van der Waals surface area contributed by atoms with E-state index in [-0.39, 0.29) is 11.9 Å². The molecule has 0 bridgehead atoms. The van der Waals surface area contributed by atoms with Crippen LogP contribution in [0.4, 0.5) is 0 Å². The third kappa shape index (κ3) is 2.21. The molecule has 0 saturated heterocycles. The fourth-order valence-corrected chi connectivity index (χ4v) is 1.43. The van der Waals surface area contributed by atoms with Crippen molar-refractivity contribution in [1.82, 2.24) is 4.90 Å². The maximum absolute atomic E-state index is 11.7. The lowest BCUT2D eigenvalue weighted by Gasteiger charge is -2.28. The number of hydrogen-bond donors (Lipinski definition) is 1. The highest BCUT2D eigenvalue weighted by Crippen LogP contribution is 2.37. The van der Waals surface area contributed by atoms with Gasteiger partial charge in [0, 0.05) is 12.6 Å². The number of carbonyl (C=O) groups excluding carboxylic acids is 1. The highest BCUT2D eigenvalue weighted by molar-refractivity contribution is 5.88. The van der Waals surface area contributed by atoms with E-state index in [0.717, 1.165) is 13.0 Å². The van der Waals surface area contributed by atoms with Gasteiger partial charge in [0.25, 0.3) is 5.91 Å². The molecule has 1 saturated carbocycles. The summed E-state index contributed by atoms with van der Waals surface area (Å²) in [5.74, 6) is -0.0793. The maximum atomic E-state index is 11.7. The SMILES string of the molecule is CCCN(C(=O)C1(O)CC1)C(C)C. The molecule has 76 valence electrons. The van der Waals surface area contributed by atoms with Crippen LogP contribution in [0.5, 0.6) is 0 Å². The molecule has 0 radical (unpaired) electrons. The van der Waals surface area contributed by atoms with Gasteiger partial charge in [-0.2, -0.15) is 0 Å². The number of nitrogens with zero attached hydrogens (tertiary/aromatic N) is 1. The molecule has 0 atom stereocenters. The van der Waals surface area contributed by atoms with Crippen molar-refractivity contribution >= 4 is 5.91 Å². The largest absolute Gasteiger partial charge is 0.380 e. The van der Waals surface area contributed by atoms with Crippen LogP contribution in [0.15, 0.2) is 0 Å². The standard InChI is InChI=1S/C10H19NO2/c1-4-7-11(8(2)3)9(12)10(13)5-6-10/h8,13H,4-7H2,1-3H3. The van der Waals surface area contributed by atoms with Crippen molar-refractivity contribution in [2.75, 3.05) is 6.54 Å². The minimum atomic E-state index is -1.00. The lowest BCUT2D eigenvalue weighted by atomic mass is 10.2. The normalized spacial score (nSPS) is 18.8. The molecular weight excluding hydrogens is 166 g/mol. The fourth-order valence-electron chi connectivity index (χ4n) is 1.43. The van der Waals surface area contributed by atoms with E-state index >= 15 is 0 Å². The average molecular weight is 185 g/mol. The number of aliphatic hydroxyl groups is 1. The Balaban J connectivity index is 2.58. The van der Waals surface area contributed by atoms with Gasteiger partial charge in [-0.1, -0.05) is 6.92 Å². The van der Waals surface area contributed by atoms with Gasteiger partial charge in [0.2, 0.25) is 0 Å². The van der Waals surface area contributed by atoms with Crippen LogP contribution in [0, 0.1) is 0 Å². The summed E-state index contributed by atoms with van der Waals surface area (Å²) in [5.41, 5.74) is -1.00. The van der Waals surface area contributed by atoms with E-state index in [1.807, 2.05) is 20.8 Å². The quantitative estimate of drug-likeness (QED) is 0.714. The zero-order valence-electron chi connectivity index (χ0n) is 8.71. The van der Waals surface area contributed by atoms with Crippen molar-refractivity contribution in [1.29, 1.82) is 0 Å². The summed E-state index contributed by atoms with van der Waals surface area (Å²) in [6, 6.07) is 0.192. The highest BCUT2D eigenvalue weighted by Gasteiger charge is 2.50. The third-order valence-electron chi connectivity index (χ3n) is 2.47. The van der Waals surface area contributed by atoms with Gasteiger partial charge in [-0.15, -0.1) is 0 Å². The Hall–Kier alpha value is -0.570. The monoisotopic (exact) mass is 185 g/mol. The van der Waals surface area contributed by atoms with Crippen molar-refractivity contribution in [2.24, 2.45) is 0 Å². The molecule has 0 aliphatic heterocycles. The summed E-state index contributed by atoms with van der Waals surface area (Å²) in [4.78, 5) is 13.5. The van der Waals surface area contributed by atoms with E-state index in [9.17, 15) is 9.90 Å². The first kappa shape index (κ1) is 10.5. The van der Waals surface area contributed by atoms with Crippen LogP contribution in [-0.2, 0) is 4.79 Å². The Bertz CT molecular complexity index is 197. The molecule has 1 aliphatic rings. The van der Waals surface area contributed by atoms with Crippen LogP contribution >= 0.6 is 0 Å². The lowest BCUT2D eigenvalue weighted by Crippen LogP contribution is -2.44. The van der Waals surface area contributed by atoms with Gasteiger partial charge in [0.15, 0.2) is 0 Å². The predicted molar refractivity (Wildman–Crippen MR) is 51.3 cm³/mol. The Morgan fingerprint density at radius 1 is 1.54 bits per heavy atom. The van der Waals surface area contributed by atoms with Crippen molar-refractivity contribution in [3.63, 3.8) is 0 Å². The van der Waals surface area contributed by atoms with Crippen LogP contribution in [0.2, 0.25) is 0 Å². The first-order valence-electron chi connectivity index (χ1n) is 5.04. The summed E-state index contributed by atoms with van der Waals surface area (Å²) < 4.78 is 0. The molecule has 1 fully saturated rings. The lowest BCUT2D eigenvalue weighted by molar-refractivity contribution is -0.144. The minimum Gasteiger partial charge on any atom is -0.380 e. The van der Waals surface area contributed by atoms with Gasteiger partial charge in [-0.05, 0) is 33.1 Å². The van der Waals surface area contributed by atoms with Crippen molar-refractivity contribution in [2.45, 2.75) is 51.7 Å². The van der Waals surface area contributed by atoms with Crippen molar-refractivity contribution in [3.8, 4) is 0 Å². The Labute approximate surface area is 79.7 Å². The molecule has 0 heterocycles. The second-order valence-corrected chi connectivity index (χ2v) is 4.12. The molecule has 0 aromatic rings. The van der Waals surface area contributed by atoms with Gasteiger partial charge in [0.1, 0.15) is 5.60 Å². The van der Waals surface area contributed by atoms with Gasteiger partial charge in [-0.3, -0.25) is 4.79 Å². The Morgan fingerprint density at radius 3 is 2.38 bits per heavy atom. The summed E-state index contributed by atoms with van der Waals surface area (Å²) in [6.07, 6.45) is 2.22. The number of amides is 1. The third-order valence-corrected chi connectivity index (χ3v) is 2.47. The molecule has 1 rings (SSSR count). The summed E-state index contributed by atoms with van der Waals surface area (Å²) >= 11 is 0. The van der Waals surface area contributed by atoms with Crippen LogP contribution in [0.1, 0.15) is 40.0 Å². The molecule has 1 amide bonds. The first-order valence-corrected chi connectivity index (χ1v) is 5.04. The van der Waals surface area contributed by atoms with Crippen LogP contribution < -0.4 is 0 Å². The molecule has 0 aromatic heterocycles. The van der Waals surface area contributed by atoms with Gasteiger partial charge >= 0.3 is 0 Å². The Kier molecular flexibility index (Phi) is 2.96. The molecule has 0 spiro atoms.